The van der Waals surface area contributed by atoms with E-state index in [9.17, 15) is 9.18 Å². The second kappa shape index (κ2) is 5.85. The Hall–Kier alpha value is -1.87. The number of rotatable bonds is 3. The second-order valence-electron chi connectivity index (χ2n) is 4.28. The van der Waals surface area contributed by atoms with Gasteiger partial charge in [-0.25, -0.2) is 4.39 Å². The van der Waals surface area contributed by atoms with Crippen LogP contribution in [0, 0.1) is 12.7 Å². The van der Waals surface area contributed by atoms with Crippen molar-refractivity contribution in [3.63, 3.8) is 0 Å². The van der Waals surface area contributed by atoms with Crippen molar-refractivity contribution >= 4 is 23.2 Å². The van der Waals surface area contributed by atoms with Crippen LogP contribution in [0.25, 0.3) is 0 Å². The van der Waals surface area contributed by atoms with Crippen LogP contribution in [0.1, 0.15) is 11.1 Å². The molecule has 0 aromatic heterocycles. The van der Waals surface area contributed by atoms with E-state index in [1.165, 1.54) is 6.07 Å². The van der Waals surface area contributed by atoms with Gasteiger partial charge in [0.05, 0.1) is 6.42 Å². The van der Waals surface area contributed by atoms with E-state index in [0.717, 1.165) is 5.56 Å². The van der Waals surface area contributed by atoms with Crippen LogP contribution in [-0.4, -0.2) is 5.91 Å². The fourth-order valence-corrected chi connectivity index (χ4v) is 1.89. The van der Waals surface area contributed by atoms with E-state index in [-0.39, 0.29) is 18.1 Å². The van der Waals surface area contributed by atoms with Gasteiger partial charge in [-0.05, 0) is 36.2 Å². The van der Waals surface area contributed by atoms with Crippen molar-refractivity contribution in [2.75, 3.05) is 5.32 Å². The normalized spacial score (nSPS) is 10.3. The molecule has 0 aliphatic rings. The standard InChI is InChI=1S/C15H13ClFNO/c1-10-6-7-12(9-14(10)17)18-15(19)8-11-4-2-3-5-13(11)16/h2-7,9H,8H2,1H3,(H,18,19). The Morgan fingerprint density at radius 1 is 1.26 bits per heavy atom. The molecule has 2 aromatic carbocycles. The molecule has 2 rings (SSSR count). The maximum atomic E-state index is 13.3. The van der Waals surface area contributed by atoms with E-state index in [1.807, 2.05) is 6.07 Å². The Labute approximate surface area is 116 Å². The highest BCUT2D eigenvalue weighted by molar-refractivity contribution is 6.31. The largest absolute Gasteiger partial charge is 0.326 e. The predicted octanol–water partition coefficient (Wildman–Crippen LogP) is 3.97. The van der Waals surface area contributed by atoms with Gasteiger partial charge < -0.3 is 5.32 Å². The van der Waals surface area contributed by atoms with Crippen molar-refractivity contribution < 1.29 is 9.18 Å². The summed E-state index contributed by atoms with van der Waals surface area (Å²) in [5, 5.41) is 3.20. The van der Waals surface area contributed by atoms with E-state index in [2.05, 4.69) is 5.32 Å². The monoisotopic (exact) mass is 277 g/mol. The van der Waals surface area contributed by atoms with Crippen molar-refractivity contribution in [2.24, 2.45) is 0 Å². The first-order valence-corrected chi connectivity index (χ1v) is 6.23. The van der Waals surface area contributed by atoms with Crippen LogP contribution in [0.15, 0.2) is 42.5 Å². The van der Waals surface area contributed by atoms with E-state index < -0.39 is 0 Å². The van der Waals surface area contributed by atoms with Crippen LogP contribution in [-0.2, 0) is 11.2 Å². The average Bonchev–Trinajstić information content (AvgIpc) is 2.37. The van der Waals surface area contributed by atoms with Crippen LogP contribution >= 0.6 is 11.6 Å². The summed E-state index contributed by atoms with van der Waals surface area (Å²) in [6.45, 7) is 1.67. The van der Waals surface area contributed by atoms with Gasteiger partial charge in [0.25, 0.3) is 0 Å². The molecule has 0 aliphatic heterocycles. The maximum Gasteiger partial charge on any atom is 0.228 e. The molecule has 0 saturated carbocycles. The number of hydrogen-bond donors (Lipinski definition) is 1. The molecule has 0 spiro atoms. The summed E-state index contributed by atoms with van der Waals surface area (Å²) < 4.78 is 13.3. The smallest absolute Gasteiger partial charge is 0.228 e. The summed E-state index contributed by atoms with van der Waals surface area (Å²) >= 11 is 5.98. The van der Waals surface area contributed by atoms with Crippen LogP contribution in [0.4, 0.5) is 10.1 Å². The van der Waals surface area contributed by atoms with Gasteiger partial charge in [-0.15, -0.1) is 0 Å². The molecule has 0 atom stereocenters. The summed E-state index contributed by atoms with van der Waals surface area (Å²) in [6.07, 6.45) is 0.162. The number of halogens is 2. The number of aryl methyl sites for hydroxylation is 1. The third kappa shape index (κ3) is 3.55. The summed E-state index contributed by atoms with van der Waals surface area (Å²) in [5.74, 6) is -0.563. The summed E-state index contributed by atoms with van der Waals surface area (Å²) in [7, 11) is 0. The minimum Gasteiger partial charge on any atom is -0.326 e. The number of carbonyl (C=O) groups excluding carboxylic acids is 1. The predicted molar refractivity (Wildman–Crippen MR) is 74.9 cm³/mol. The molecule has 0 aliphatic carbocycles. The number of nitrogens with one attached hydrogen (secondary N) is 1. The van der Waals surface area contributed by atoms with Crippen LogP contribution < -0.4 is 5.32 Å². The lowest BCUT2D eigenvalue weighted by atomic mass is 10.1. The van der Waals surface area contributed by atoms with Gasteiger partial charge in [0.15, 0.2) is 0 Å². The number of anilines is 1. The van der Waals surface area contributed by atoms with Crippen molar-refractivity contribution in [1.82, 2.24) is 0 Å². The number of amides is 1. The molecule has 98 valence electrons. The van der Waals surface area contributed by atoms with E-state index in [1.54, 1.807) is 37.3 Å². The lowest BCUT2D eigenvalue weighted by molar-refractivity contribution is -0.115. The topological polar surface area (TPSA) is 29.1 Å². The molecule has 4 heteroatoms. The molecular weight excluding hydrogens is 265 g/mol. The van der Waals surface area contributed by atoms with Gasteiger partial charge in [-0.2, -0.15) is 0 Å². The second-order valence-corrected chi connectivity index (χ2v) is 4.69. The zero-order chi connectivity index (χ0) is 13.8. The first-order valence-electron chi connectivity index (χ1n) is 5.85. The van der Waals surface area contributed by atoms with E-state index in [0.29, 0.717) is 16.3 Å². The minimum absolute atomic E-state index is 0.162. The number of hydrogen-bond acceptors (Lipinski definition) is 1. The van der Waals surface area contributed by atoms with E-state index in [4.69, 9.17) is 11.6 Å². The zero-order valence-electron chi connectivity index (χ0n) is 10.4. The third-order valence-corrected chi connectivity index (χ3v) is 3.13. The molecule has 0 heterocycles. The van der Waals surface area contributed by atoms with Crippen molar-refractivity contribution in [3.8, 4) is 0 Å². The maximum absolute atomic E-state index is 13.3. The molecule has 19 heavy (non-hydrogen) atoms. The highest BCUT2D eigenvalue weighted by Crippen LogP contribution is 2.17. The van der Waals surface area contributed by atoms with Crippen molar-refractivity contribution in [1.29, 1.82) is 0 Å². The summed E-state index contributed by atoms with van der Waals surface area (Å²) in [5.41, 5.74) is 1.73. The molecule has 0 bridgehead atoms. The number of benzene rings is 2. The summed E-state index contributed by atoms with van der Waals surface area (Å²) in [6, 6.07) is 11.7. The first kappa shape index (κ1) is 13.6. The molecule has 0 radical (unpaired) electrons. The van der Waals surface area contributed by atoms with E-state index >= 15 is 0 Å². The Balaban J connectivity index is 2.05. The van der Waals surface area contributed by atoms with Gasteiger partial charge in [0, 0.05) is 10.7 Å². The Morgan fingerprint density at radius 2 is 2.00 bits per heavy atom. The van der Waals surface area contributed by atoms with Gasteiger partial charge >= 0.3 is 0 Å². The van der Waals surface area contributed by atoms with Gasteiger partial charge in [0.1, 0.15) is 5.82 Å². The summed E-state index contributed by atoms with van der Waals surface area (Å²) in [4.78, 5) is 11.8. The number of carbonyl (C=O) groups is 1. The van der Waals surface area contributed by atoms with Crippen LogP contribution in [0.3, 0.4) is 0 Å². The Bertz CT molecular complexity index is 613. The molecule has 2 aromatic rings. The van der Waals surface area contributed by atoms with Gasteiger partial charge in [-0.1, -0.05) is 35.9 Å². The van der Waals surface area contributed by atoms with Crippen LogP contribution in [0.5, 0.6) is 0 Å². The fourth-order valence-electron chi connectivity index (χ4n) is 1.69. The molecule has 0 saturated heterocycles. The van der Waals surface area contributed by atoms with Crippen LogP contribution in [0.2, 0.25) is 5.02 Å². The average molecular weight is 278 g/mol. The fraction of sp³-hybridized carbons (Fsp3) is 0.133. The zero-order valence-corrected chi connectivity index (χ0v) is 11.2. The molecule has 1 N–H and O–H groups in total. The molecule has 1 amide bonds. The highest BCUT2D eigenvalue weighted by Gasteiger charge is 2.08. The minimum atomic E-state index is -0.337. The SMILES string of the molecule is Cc1ccc(NC(=O)Cc2ccccc2Cl)cc1F. The molecule has 0 unspecified atom stereocenters. The molecule has 0 fully saturated rings. The Morgan fingerprint density at radius 3 is 2.68 bits per heavy atom. The Kier molecular flexibility index (Phi) is 4.17. The third-order valence-electron chi connectivity index (χ3n) is 2.76. The highest BCUT2D eigenvalue weighted by atomic mass is 35.5. The quantitative estimate of drug-likeness (QED) is 0.904. The van der Waals surface area contributed by atoms with Gasteiger partial charge in [-0.3, -0.25) is 4.79 Å². The molecular formula is C15H13ClFNO. The van der Waals surface area contributed by atoms with Crippen molar-refractivity contribution in [2.45, 2.75) is 13.3 Å². The molecule has 2 nitrogen and oxygen atoms in total. The lowest BCUT2D eigenvalue weighted by Crippen LogP contribution is -2.14. The van der Waals surface area contributed by atoms with Crippen molar-refractivity contribution in [3.05, 3.63) is 64.4 Å². The first-order chi connectivity index (χ1) is 9.06. The van der Waals surface area contributed by atoms with Gasteiger partial charge in [0.2, 0.25) is 5.91 Å². The lowest BCUT2D eigenvalue weighted by Gasteiger charge is -2.07.